The van der Waals surface area contributed by atoms with E-state index in [0.29, 0.717) is 24.7 Å². The van der Waals surface area contributed by atoms with Crippen LogP contribution in [0.5, 0.6) is 0 Å². The van der Waals surface area contributed by atoms with Crippen LogP contribution < -0.4 is 10.6 Å². The molecule has 0 unspecified atom stereocenters. The molecule has 0 aliphatic heterocycles. The number of rotatable bonds is 5. The lowest BCUT2D eigenvalue weighted by Gasteiger charge is -2.29. The van der Waals surface area contributed by atoms with Crippen molar-refractivity contribution < 1.29 is 13.9 Å². The van der Waals surface area contributed by atoms with Crippen LogP contribution in [0, 0.1) is 11.7 Å². The molecule has 0 amide bonds. The van der Waals surface area contributed by atoms with Gasteiger partial charge in [-0.05, 0) is 44.7 Å². The van der Waals surface area contributed by atoms with Crippen molar-refractivity contribution in [2.24, 2.45) is 10.9 Å². The molecule has 2 N–H and O–H groups in total. The Morgan fingerprint density at radius 3 is 2.62 bits per heavy atom. The van der Waals surface area contributed by atoms with Gasteiger partial charge in [0.05, 0.1) is 12.5 Å². The van der Waals surface area contributed by atoms with Gasteiger partial charge in [0.25, 0.3) is 0 Å². The molecule has 1 saturated carbocycles. The molecule has 0 saturated heterocycles. The molecule has 8 heteroatoms. The average Bonchev–Trinajstić information content (AvgIpc) is 2.60. The molecule has 146 valence electrons. The second kappa shape index (κ2) is 11.7. The molecule has 1 aliphatic carbocycles. The van der Waals surface area contributed by atoms with Crippen LogP contribution in [-0.4, -0.2) is 31.6 Å². The summed E-state index contributed by atoms with van der Waals surface area (Å²) in [6.45, 7) is 2.62. The molecule has 0 heterocycles. The number of esters is 1. The lowest BCUT2D eigenvalue weighted by Crippen LogP contribution is -2.45. The van der Waals surface area contributed by atoms with Crippen LogP contribution in [0.25, 0.3) is 0 Å². The Balaban J connectivity index is 0.00000338. The number of nitrogens with one attached hydrogen (secondary N) is 2. The van der Waals surface area contributed by atoms with Gasteiger partial charge >= 0.3 is 5.97 Å². The second-order valence-corrected chi connectivity index (χ2v) is 7.02. The quantitative estimate of drug-likeness (QED) is 0.256. The molecule has 0 atom stereocenters. The van der Waals surface area contributed by atoms with E-state index in [0.717, 1.165) is 30.2 Å². The predicted molar refractivity (Wildman–Crippen MR) is 115 cm³/mol. The van der Waals surface area contributed by atoms with Gasteiger partial charge in [-0.15, -0.1) is 24.0 Å². The van der Waals surface area contributed by atoms with E-state index in [4.69, 9.17) is 4.74 Å². The highest BCUT2D eigenvalue weighted by Gasteiger charge is 2.27. The number of aliphatic imine (C=N–C) groups is 1. The highest BCUT2D eigenvalue weighted by Crippen LogP contribution is 2.25. The third-order valence-corrected chi connectivity index (χ3v) is 4.87. The summed E-state index contributed by atoms with van der Waals surface area (Å²) in [5, 5.41) is 6.49. The van der Waals surface area contributed by atoms with Gasteiger partial charge in [0.1, 0.15) is 5.82 Å². The van der Waals surface area contributed by atoms with Gasteiger partial charge in [0.2, 0.25) is 0 Å². The summed E-state index contributed by atoms with van der Waals surface area (Å²) in [5.74, 6) is 0.299. The third kappa shape index (κ3) is 7.02. The van der Waals surface area contributed by atoms with E-state index >= 15 is 0 Å². The number of nitrogens with zero attached hydrogens (tertiary/aromatic N) is 1. The summed E-state index contributed by atoms with van der Waals surface area (Å²) >= 11 is 3.25. The van der Waals surface area contributed by atoms with Gasteiger partial charge in [-0.2, -0.15) is 0 Å². The van der Waals surface area contributed by atoms with Crippen molar-refractivity contribution in [1.29, 1.82) is 0 Å². The standard InChI is InChI=1S/C18H25BrFN3O2.HI/c1-3-25-17(24)12-5-8-15(9-6-12)23-18(21-2)22-11-13-4-7-14(19)10-16(13)20;/h4,7,10,12,15H,3,5-6,8-9,11H2,1-2H3,(H2,21,22,23);1H. The topological polar surface area (TPSA) is 62.7 Å². The van der Waals surface area contributed by atoms with E-state index < -0.39 is 0 Å². The number of carbonyl (C=O) groups excluding carboxylic acids is 1. The third-order valence-electron chi connectivity index (χ3n) is 4.37. The van der Waals surface area contributed by atoms with Crippen LogP contribution in [0.15, 0.2) is 27.7 Å². The Labute approximate surface area is 179 Å². The molecule has 26 heavy (non-hydrogen) atoms. The Hall–Kier alpha value is -0.900. The van der Waals surface area contributed by atoms with Gasteiger partial charge in [-0.25, -0.2) is 4.39 Å². The zero-order valence-electron chi connectivity index (χ0n) is 15.1. The van der Waals surface area contributed by atoms with E-state index in [1.807, 2.05) is 13.0 Å². The fourth-order valence-electron chi connectivity index (χ4n) is 2.97. The van der Waals surface area contributed by atoms with Crippen LogP contribution in [0.2, 0.25) is 0 Å². The molecule has 5 nitrogen and oxygen atoms in total. The van der Waals surface area contributed by atoms with Gasteiger partial charge < -0.3 is 15.4 Å². The number of halogens is 3. The van der Waals surface area contributed by atoms with Crippen molar-refractivity contribution in [3.8, 4) is 0 Å². The number of ether oxygens (including phenoxy) is 1. The summed E-state index contributed by atoms with van der Waals surface area (Å²) in [5.41, 5.74) is 0.581. The van der Waals surface area contributed by atoms with E-state index in [9.17, 15) is 9.18 Å². The summed E-state index contributed by atoms with van der Waals surface area (Å²) in [7, 11) is 1.69. The largest absolute Gasteiger partial charge is 0.466 e. The summed E-state index contributed by atoms with van der Waals surface area (Å²) in [4.78, 5) is 16.0. The summed E-state index contributed by atoms with van der Waals surface area (Å²) < 4.78 is 19.7. The molecule has 1 aromatic carbocycles. The molecule has 0 aromatic heterocycles. The smallest absolute Gasteiger partial charge is 0.308 e. The molecular weight excluding hydrogens is 516 g/mol. The molecule has 1 aromatic rings. The number of carbonyl (C=O) groups is 1. The zero-order valence-corrected chi connectivity index (χ0v) is 19.0. The van der Waals surface area contributed by atoms with Crippen molar-refractivity contribution >= 4 is 51.8 Å². The van der Waals surface area contributed by atoms with Crippen molar-refractivity contribution in [1.82, 2.24) is 10.6 Å². The first-order chi connectivity index (χ1) is 12.0. The Morgan fingerprint density at radius 2 is 2.04 bits per heavy atom. The van der Waals surface area contributed by atoms with Crippen LogP contribution in [0.3, 0.4) is 0 Å². The van der Waals surface area contributed by atoms with Crippen molar-refractivity contribution in [3.05, 3.63) is 34.1 Å². The lowest BCUT2D eigenvalue weighted by atomic mass is 9.86. The van der Waals surface area contributed by atoms with Crippen molar-refractivity contribution in [2.75, 3.05) is 13.7 Å². The van der Waals surface area contributed by atoms with Crippen molar-refractivity contribution in [2.45, 2.75) is 45.2 Å². The number of hydrogen-bond donors (Lipinski definition) is 2. The van der Waals surface area contributed by atoms with Gasteiger partial charge in [-0.1, -0.05) is 22.0 Å². The Morgan fingerprint density at radius 1 is 1.35 bits per heavy atom. The first-order valence-corrected chi connectivity index (χ1v) is 9.40. The lowest BCUT2D eigenvalue weighted by molar-refractivity contribution is -0.149. The minimum Gasteiger partial charge on any atom is -0.466 e. The normalized spacial score (nSPS) is 20.1. The Bertz CT molecular complexity index is 622. The van der Waals surface area contributed by atoms with Crippen molar-refractivity contribution in [3.63, 3.8) is 0 Å². The second-order valence-electron chi connectivity index (χ2n) is 6.11. The minimum atomic E-state index is -0.257. The number of hydrogen-bond acceptors (Lipinski definition) is 3. The molecule has 0 radical (unpaired) electrons. The first kappa shape index (κ1) is 23.1. The summed E-state index contributed by atoms with van der Waals surface area (Å²) in [6, 6.07) is 5.26. The predicted octanol–water partition coefficient (Wildman–Crippen LogP) is 3.99. The van der Waals surface area contributed by atoms with Crippen LogP contribution in [0.4, 0.5) is 4.39 Å². The number of benzene rings is 1. The van der Waals surface area contributed by atoms with Crippen LogP contribution in [-0.2, 0) is 16.1 Å². The van der Waals surface area contributed by atoms with Gasteiger partial charge in [-0.3, -0.25) is 9.79 Å². The van der Waals surface area contributed by atoms with Gasteiger partial charge in [0, 0.05) is 29.7 Å². The average molecular weight is 542 g/mol. The zero-order chi connectivity index (χ0) is 18.2. The van der Waals surface area contributed by atoms with E-state index in [2.05, 4.69) is 31.6 Å². The highest BCUT2D eigenvalue weighted by atomic mass is 127. The Kier molecular flexibility index (Phi) is 10.4. The first-order valence-electron chi connectivity index (χ1n) is 8.61. The van der Waals surface area contributed by atoms with E-state index in [1.54, 1.807) is 13.1 Å². The maximum absolute atomic E-state index is 13.9. The van der Waals surface area contributed by atoms with Crippen LogP contribution in [0.1, 0.15) is 38.2 Å². The van der Waals surface area contributed by atoms with E-state index in [-0.39, 0.29) is 47.7 Å². The molecule has 0 bridgehead atoms. The molecule has 1 fully saturated rings. The van der Waals surface area contributed by atoms with Crippen LogP contribution >= 0.6 is 39.9 Å². The molecule has 0 spiro atoms. The molecular formula is C18H26BrFIN3O2. The highest BCUT2D eigenvalue weighted by molar-refractivity contribution is 14.0. The van der Waals surface area contributed by atoms with Gasteiger partial charge in [0.15, 0.2) is 5.96 Å². The minimum absolute atomic E-state index is 0. The van der Waals surface area contributed by atoms with E-state index in [1.165, 1.54) is 6.07 Å². The number of guanidine groups is 1. The molecule has 2 rings (SSSR count). The fourth-order valence-corrected chi connectivity index (χ4v) is 3.30. The SMILES string of the molecule is CCOC(=O)C1CCC(NC(=NC)NCc2ccc(Br)cc2F)CC1.I. The fraction of sp³-hybridized carbons (Fsp3) is 0.556. The summed E-state index contributed by atoms with van der Waals surface area (Å²) in [6.07, 6.45) is 3.40. The maximum atomic E-state index is 13.9. The molecule has 1 aliphatic rings. The maximum Gasteiger partial charge on any atom is 0.308 e. The monoisotopic (exact) mass is 541 g/mol.